The van der Waals surface area contributed by atoms with Crippen LogP contribution >= 0.6 is 0 Å². The summed E-state index contributed by atoms with van der Waals surface area (Å²) in [6.45, 7) is 1.52. The molecule has 1 atom stereocenters. The third-order valence-electron chi connectivity index (χ3n) is 1.40. The maximum absolute atomic E-state index is 12.4. The number of benzene rings is 1. The number of hydrogen-bond acceptors (Lipinski definition) is 3. The molecule has 0 radical (unpaired) electrons. The van der Waals surface area contributed by atoms with Crippen molar-refractivity contribution in [1.29, 1.82) is 0 Å². The van der Waals surface area contributed by atoms with Crippen molar-refractivity contribution in [3.63, 3.8) is 0 Å². The van der Waals surface area contributed by atoms with Crippen LogP contribution < -0.4 is 10.5 Å². The van der Waals surface area contributed by atoms with Crippen LogP contribution in [0.2, 0.25) is 0 Å². The molecule has 0 aliphatic heterocycles. The van der Waals surface area contributed by atoms with Crippen LogP contribution in [0.15, 0.2) is 24.3 Å². The first-order valence-corrected chi connectivity index (χ1v) is 3.82. The fourth-order valence-corrected chi connectivity index (χ4v) is 0.712. The van der Waals surface area contributed by atoms with Gasteiger partial charge in [0.15, 0.2) is 0 Å². The Morgan fingerprint density at radius 2 is 2.00 bits per heavy atom. The monoisotopic (exact) mass is 183 g/mol. The highest BCUT2D eigenvalue weighted by atomic mass is 19.1. The lowest BCUT2D eigenvalue weighted by Crippen LogP contribution is -2.30. The lowest BCUT2D eigenvalue weighted by atomic mass is 10.3. The molecule has 0 heterocycles. The van der Waals surface area contributed by atoms with Crippen LogP contribution in [0.25, 0.3) is 0 Å². The van der Waals surface area contributed by atoms with Gasteiger partial charge in [-0.15, -0.1) is 0 Å². The van der Waals surface area contributed by atoms with E-state index in [2.05, 4.69) is 0 Å². The second-order valence-electron chi connectivity index (χ2n) is 2.66. The lowest BCUT2D eigenvalue weighted by molar-refractivity contribution is -0.135. The van der Waals surface area contributed by atoms with Crippen molar-refractivity contribution in [2.75, 3.05) is 0 Å². The van der Waals surface area contributed by atoms with E-state index in [1.165, 1.54) is 31.2 Å². The molecule has 1 aromatic carbocycles. The molecular weight excluding hydrogens is 173 g/mol. The third kappa shape index (κ3) is 2.83. The molecule has 0 saturated heterocycles. The summed E-state index contributed by atoms with van der Waals surface area (Å²) in [5, 5.41) is 0. The number of carbonyl (C=O) groups excluding carboxylic acids is 1. The molecule has 4 heteroatoms. The van der Waals surface area contributed by atoms with Crippen molar-refractivity contribution in [3.8, 4) is 5.75 Å². The Hall–Kier alpha value is -1.42. The number of carbonyl (C=O) groups is 1. The SMILES string of the molecule is C[C@H](N)C(=O)Oc1ccc(F)cc1. The molecule has 13 heavy (non-hydrogen) atoms. The van der Waals surface area contributed by atoms with E-state index >= 15 is 0 Å². The minimum absolute atomic E-state index is 0.295. The molecular formula is C9H10FNO2. The third-order valence-corrected chi connectivity index (χ3v) is 1.40. The van der Waals surface area contributed by atoms with Crippen molar-refractivity contribution < 1.29 is 13.9 Å². The van der Waals surface area contributed by atoms with Gasteiger partial charge in [-0.2, -0.15) is 0 Å². The Balaban J connectivity index is 2.65. The van der Waals surface area contributed by atoms with Crippen LogP contribution in [-0.4, -0.2) is 12.0 Å². The maximum Gasteiger partial charge on any atom is 0.328 e. The fraction of sp³-hybridized carbons (Fsp3) is 0.222. The molecule has 0 aromatic heterocycles. The first-order valence-electron chi connectivity index (χ1n) is 3.82. The number of hydrogen-bond donors (Lipinski definition) is 1. The van der Waals surface area contributed by atoms with Crippen LogP contribution in [0.1, 0.15) is 6.92 Å². The van der Waals surface area contributed by atoms with Gasteiger partial charge in [-0.05, 0) is 31.2 Å². The van der Waals surface area contributed by atoms with Crippen molar-refractivity contribution in [2.24, 2.45) is 5.73 Å². The maximum atomic E-state index is 12.4. The molecule has 0 unspecified atom stereocenters. The van der Waals surface area contributed by atoms with E-state index in [4.69, 9.17) is 10.5 Å². The van der Waals surface area contributed by atoms with Gasteiger partial charge < -0.3 is 10.5 Å². The van der Waals surface area contributed by atoms with Gasteiger partial charge in [0.1, 0.15) is 17.6 Å². The summed E-state index contributed by atoms with van der Waals surface area (Å²) in [6, 6.07) is 4.49. The number of ether oxygens (including phenoxy) is 1. The molecule has 0 bridgehead atoms. The first kappa shape index (κ1) is 9.67. The minimum Gasteiger partial charge on any atom is -0.425 e. The number of nitrogens with two attached hydrogens (primary N) is 1. The average Bonchev–Trinajstić information content (AvgIpc) is 2.08. The van der Waals surface area contributed by atoms with E-state index in [9.17, 15) is 9.18 Å². The Bertz CT molecular complexity index is 295. The highest BCUT2D eigenvalue weighted by Gasteiger charge is 2.09. The smallest absolute Gasteiger partial charge is 0.328 e. The Kier molecular flexibility index (Phi) is 2.97. The zero-order valence-electron chi connectivity index (χ0n) is 7.16. The Morgan fingerprint density at radius 1 is 1.46 bits per heavy atom. The van der Waals surface area contributed by atoms with Crippen LogP contribution in [0, 0.1) is 5.82 Å². The standard InChI is InChI=1S/C9H10FNO2/c1-6(11)9(12)13-8-4-2-7(10)3-5-8/h2-6H,11H2,1H3/t6-/m0/s1. The van der Waals surface area contributed by atoms with E-state index in [1.807, 2.05) is 0 Å². The molecule has 0 fully saturated rings. The summed E-state index contributed by atoms with van der Waals surface area (Å²) < 4.78 is 17.2. The van der Waals surface area contributed by atoms with Crippen LogP contribution in [0.4, 0.5) is 4.39 Å². The second kappa shape index (κ2) is 4.00. The summed E-state index contributed by atoms with van der Waals surface area (Å²) in [5.74, 6) is -0.615. The molecule has 0 saturated carbocycles. The predicted octanol–water partition coefficient (Wildman–Crippen LogP) is 1.08. The molecule has 3 nitrogen and oxygen atoms in total. The lowest BCUT2D eigenvalue weighted by Gasteiger charge is -2.05. The average molecular weight is 183 g/mol. The zero-order chi connectivity index (χ0) is 9.84. The predicted molar refractivity (Wildman–Crippen MR) is 45.7 cm³/mol. The van der Waals surface area contributed by atoms with Crippen molar-refractivity contribution >= 4 is 5.97 Å². The molecule has 0 amide bonds. The van der Waals surface area contributed by atoms with Gasteiger partial charge in [0.25, 0.3) is 0 Å². The minimum atomic E-state index is -0.676. The molecule has 1 rings (SSSR count). The van der Waals surface area contributed by atoms with E-state index in [1.54, 1.807) is 0 Å². The normalized spacial score (nSPS) is 12.2. The van der Waals surface area contributed by atoms with Gasteiger partial charge >= 0.3 is 5.97 Å². The summed E-state index contributed by atoms with van der Waals surface area (Å²) >= 11 is 0. The summed E-state index contributed by atoms with van der Waals surface area (Å²) in [5.41, 5.74) is 5.27. The second-order valence-corrected chi connectivity index (χ2v) is 2.66. The van der Waals surface area contributed by atoms with E-state index in [-0.39, 0.29) is 5.82 Å². The molecule has 2 N–H and O–H groups in total. The molecule has 0 spiro atoms. The van der Waals surface area contributed by atoms with Crippen LogP contribution in [-0.2, 0) is 4.79 Å². The fourth-order valence-electron chi connectivity index (χ4n) is 0.712. The summed E-state index contributed by atoms with van der Waals surface area (Å²) in [7, 11) is 0. The first-order chi connectivity index (χ1) is 6.09. The number of rotatable bonds is 2. The van der Waals surface area contributed by atoms with Gasteiger partial charge in [0.2, 0.25) is 0 Å². The van der Waals surface area contributed by atoms with E-state index in [0.717, 1.165) is 0 Å². The highest BCUT2D eigenvalue weighted by Crippen LogP contribution is 2.11. The molecule has 0 aliphatic carbocycles. The number of esters is 1. The Labute approximate surface area is 75.3 Å². The molecule has 1 aromatic rings. The van der Waals surface area contributed by atoms with Gasteiger partial charge in [0, 0.05) is 0 Å². The van der Waals surface area contributed by atoms with Crippen molar-refractivity contribution in [1.82, 2.24) is 0 Å². The van der Waals surface area contributed by atoms with Crippen molar-refractivity contribution in [3.05, 3.63) is 30.1 Å². The van der Waals surface area contributed by atoms with Gasteiger partial charge in [-0.1, -0.05) is 0 Å². The van der Waals surface area contributed by atoms with Gasteiger partial charge in [-0.25, -0.2) is 9.18 Å². The summed E-state index contributed by atoms with van der Waals surface area (Å²) in [6.07, 6.45) is 0. The van der Waals surface area contributed by atoms with Gasteiger partial charge in [-0.3, -0.25) is 0 Å². The van der Waals surface area contributed by atoms with Crippen LogP contribution in [0.5, 0.6) is 5.75 Å². The zero-order valence-corrected chi connectivity index (χ0v) is 7.16. The number of halogens is 1. The largest absolute Gasteiger partial charge is 0.425 e. The van der Waals surface area contributed by atoms with Gasteiger partial charge in [0.05, 0.1) is 0 Å². The topological polar surface area (TPSA) is 52.3 Å². The van der Waals surface area contributed by atoms with Crippen molar-refractivity contribution in [2.45, 2.75) is 13.0 Å². The summed E-state index contributed by atoms with van der Waals surface area (Å²) in [4.78, 5) is 11.0. The molecule has 0 aliphatic rings. The highest BCUT2D eigenvalue weighted by molar-refractivity contribution is 5.77. The quantitative estimate of drug-likeness (QED) is 0.551. The van der Waals surface area contributed by atoms with E-state index in [0.29, 0.717) is 5.75 Å². The molecule has 70 valence electrons. The Morgan fingerprint density at radius 3 is 2.46 bits per heavy atom. The van der Waals surface area contributed by atoms with E-state index < -0.39 is 12.0 Å². The van der Waals surface area contributed by atoms with Crippen LogP contribution in [0.3, 0.4) is 0 Å².